The Morgan fingerprint density at radius 2 is 1.67 bits per heavy atom. The second-order valence-corrected chi connectivity index (χ2v) is 8.15. The highest BCUT2D eigenvalue weighted by Gasteiger charge is 2.68. The summed E-state index contributed by atoms with van der Waals surface area (Å²) in [7, 11) is 0. The Hall–Kier alpha value is -0.570. The normalized spacial score (nSPS) is 23.6. The van der Waals surface area contributed by atoms with Crippen LogP contribution >= 0.6 is 0 Å². The van der Waals surface area contributed by atoms with E-state index >= 15 is 0 Å². The number of amides is 1. The van der Waals surface area contributed by atoms with Gasteiger partial charge in [0.05, 0.1) is 0 Å². The Balaban J connectivity index is 2.40. The average molecular weight is 254 g/mol. The Kier molecular flexibility index (Phi) is 3.89. The van der Waals surface area contributed by atoms with Crippen molar-refractivity contribution in [2.24, 2.45) is 27.9 Å². The van der Waals surface area contributed by atoms with Crippen molar-refractivity contribution in [1.29, 1.82) is 0 Å². The van der Waals surface area contributed by atoms with Crippen LogP contribution in [0, 0.1) is 22.2 Å². The first-order valence-corrected chi connectivity index (χ1v) is 6.93. The van der Waals surface area contributed by atoms with E-state index in [4.69, 9.17) is 5.73 Å². The van der Waals surface area contributed by atoms with Crippen molar-refractivity contribution in [1.82, 2.24) is 5.32 Å². The van der Waals surface area contributed by atoms with Gasteiger partial charge in [0.2, 0.25) is 5.91 Å². The molecule has 1 atom stereocenters. The SMILES string of the molecule is CC(C)(C)CC(N)CNC(=O)C1C(C)(C)C1(C)C. The molecule has 106 valence electrons. The second-order valence-electron chi connectivity index (χ2n) is 8.15. The molecule has 0 bridgehead atoms. The monoisotopic (exact) mass is 254 g/mol. The maximum Gasteiger partial charge on any atom is 0.224 e. The minimum Gasteiger partial charge on any atom is -0.354 e. The number of carbonyl (C=O) groups excluding carboxylic acids is 1. The van der Waals surface area contributed by atoms with Crippen LogP contribution in [0.25, 0.3) is 0 Å². The summed E-state index contributed by atoms with van der Waals surface area (Å²) in [6.07, 6.45) is 0.921. The summed E-state index contributed by atoms with van der Waals surface area (Å²) in [5, 5.41) is 3.01. The summed E-state index contributed by atoms with van der Waals surface area (Å²) in [6.45, 7) is 15.7. The minimum atomic E-state index is 0.0407. The third-order valence-electron chi connectivity index (χ3n) is 4.70. The first-order chi connectivity index (χ1) is 7.89. The van der Waals surface area contributed by atoms with Crippen molar-refractivity contribution < 1.29 is 4.79 Å². The smallest absolute Gasteiger partial charge is 0.224 e. The summed E-state index contributed by atoms with van der Waals surface area (Å²) >= 11 is 0. The zero-order chi connectivity index (χ0) is 14.4. The van der Waals surface area contributed by atoms with Crippen molar-refractivity contribution in [3.05, 3.63) is 0 Å². The fourth-order valence-electron chi connectivity index (χ4n) is 3.04. The number of hydrogen-bond donors (Lipinski definition) is 2. The predicted octanol–water partition coefficient (Wildman–Crippen LogP) is 2.55. The number of rotatable bonds is 4. The largest absolute Gasteiger partial charge is 0.354 e. The van der Waals surface area contributed by atoms with Gasteiger partial charge in [-0.3, -0.25) is 4.79 Å². The van der Waals surface area contributed by atoms with Gasteiger partial charge in [-0.15, -0.1) is 0 Å². The van der Waals surface area contributed by atoms with Crippen LogP contribution in [0.3, 0.4) is 0 Å². The summed E-state index contributed by atoms with van der Waals surface area (Å²) < 4.78 is 0. The van der Waals surface area contributed by atoms with E-state index in [9.17, 15) is 4.79 Å². The van der Waals surface area contributed by atoms with Crippen molar-refractivity contribution in [3.63, 3.8) is 0 Å². The lowest BCUT2D eigenvalue weighted by molar-refractivity contribution is -0.123. The molecule has 0 aromatic heterocycles. The number of nitrogens with two attached hydrogens (primary N) is 1. The van der Waals surface area contributed by atoms with E-state index in [2.05, 4.69) is 53.8 Å². The third kappa shape index (κ3) is 3.05. The summed E-state index contributed by atoms with van der Waals surface area (Å²) in [4.78, 5) is 12.1. The van der Waals surface area contributed by atoms with Crippen molar-refractivity contribution >= 4 is 5.91 Å². The maximum absolute atomic E-state index is 12.1. The van der Waals surface area contributed by atoms with E-state index in [1.807, 2.05) is 0 Å². The molecule has 1 saturated carbocycles. The highest BCUT2D eigenvalue weighted by molar-refractivity contribution is 5.84. The minimum absolute atomic E-state index is 0.0407. The molecule has 3 N–H and O–H groups in total. The average Bonchev–Trinajstić information content (AvgIpc) is 2.51. The van der Waals surface area contributed by atoms with Crippen molar-refractivity contribution in [2.45, 2.75) is 60.9 Å². The summed E-state index contributed by atoms with van der Waals surface area (Å²) in [5.74, 6) is 0.279. The van der Waals surface area contributed by atoms with Gasteiger partial charge in [-0.25, -0.2) is 0 Å². The standard InChI is InChI=1S/C15H30N2O/c1-13(2,3)8-10(16)9-17-12(18)11-14(4,5)15(11,6)7/h10-11H,8-9,16H2,1-7H3,(H,17,18). The molecular weight excluding hydrogens is 224 g/mol. The lowest BCUT2D eigenvalue weighted by Gasteiger charge is -2.23. The molecule has 0 radical (unpaired) electrons. The maximum atomic E-state index is 12.1. The number of hydrogen-bond acceptors (Lipinski definition) is 2. The van der Waals surface area contributed by atoms with Crippen LogP contribution in [0.4, 0.5) is 0 Å². The third-order valence-corrected chi connectivity index (χ3v) is 4.70. The molecule has 3 heteroatoms. The molecule has 1 aliphatic rings. The molecule has 1 aliphatic carbocycles. The molecule has 0 saturated heterocycles. The molecule has 0 aliphatic heterocycles. The molecule has 0 aromatic carbocycles. The van der Waals surface area contributed by atoms with Gasteiger partial charge in [0.25, 0.3) is 0 Å². The van der Waals surface area contributed by atoms with Gasteiger partial charge in [-0.1, -0.05) is 48.5 Å². The molecule has 1 rings (SSSR count). The molecule has 0 heterocycles. The Morgan fingerprint density at radius 3 is 2.00 bits per heavy atom. The number of nitrogens with one attached hydrogen (secondary N) is 1. The topological polar surface area (TPSA) is 55.1 Å². The first kappa shape index (κ1) is 15.5. The van der Waals surface area contributed by atoms with Crippen LogP contribution in [0.5, 0.6) is 0 Å². The number of carbonyl (C=O) groups is 1. The van der Waals surface area contributed by atoms with Crippen LogP contribution < -0.4 is 11.1 Å². The molecular formula is C15H30N2O. The van der Waals surface area contributed by atoms with E-state index in [1.165, 1.54) is 0 Å². The van der Waals surface area contributed by atoms with Gasteiger partial charge < -0.3 is 11.1 Å². The fraction of sp³-hybridized carbons (Fsp3) is 0.933. The van der Waals surface area contributed by atoms with E-state index in [1.54, 1.807) is 0 Å². The summed E-state index contributed by atoms with van der Waals surface area (Å²) in [5.41, 5.74) is 6.46. The molecule has 0 aromatic rings. The molecule has 1 fully saturated rings. The van der Waals surface area contributed by atoms with Gasteiger partial charge in [0.15, 0.2) is 0 Å². The molecule has 0 spiro atoms. The van der Waals surface area contributed by atoms with E-state index < -0.39 is 0 Å². The van der Waals surface area contributed by atoms with Gasteiger partial charge in [0, 0.05) is 18.5 Å². The van der Waals surface area contributed by atoms with Crippen LogP contribution in [-0.4, -0.2) is 18.5 Å². The van der Waals surface area contributed by atoms with Crippen LogP contribution in [0.2, 0.25) is 0 Å². The second kappa shape index (κ2) is 4.52. The first-order valence-electron chi connectivity index (χ1n) is 6.93. The molecule has 3 nitrogen and oxygen atoms in total. The van der Waals surface area contributed by atoms with E-state index in [-0.39, 0.29) is 34.1 Å². The predicted molar refractivity (Wildman–Crippen MR) is 76.1 cm³/mol. The zero-order valence-electron chi connectivity index (χ0n) is 13.1. The highest BCUT2D eigenvalue weighted by atomic mass is 16.2. The molecule has 1 amide bonds. The molecule has 1 unspecified atom stereocenters. The lowest BCUT2D eigenvalue weighted by atomic mass is 9.88. The van der Waals surface area contributed by atoms with Crippen LogP contribution in [0.1, 0.15) is 54.9 Å². The Morgan fingerprint density at radius 1 is 1.22 bits per heavy atom. The van der Waals surface area contributed by atoms with E-state index in [0.29, 0.717) is 6.54 Å². The Labute approximate surface area is 112 Å². The van der Waals surface area contributed by atoms with E-state index in [0.717, 1.165) is 6.42 Å². The van der Waals surface area contributed by atoms with Gasteiger partial charge in [-0.05, 0) is 22.7 Å². The van der Waals surface area contributed by atoms with Gasteiger partial charge >= 0.3 is 0 Å². The fourth-order valence-corrected chi connectivity index (χ4v) is 3.04. The van der Waals surface area contributed by atoms with Gasteiger partial charge in [-0.2, -0.15) is 0 Å². The quantitative estimate of drug-likeness (QED) is 0.810. The van der Waals surface area contributed by atoms with Crippen LogP contribution in [-0.2, 0) is 4.79 Å². The Bertz CT molecular complexity index is 312. The van der Waals surface area contributed by atoms with Gasteiger partial charge in [0.1, 0.15) is 0 Å². The highest BCUT2D eigenvalue weighted by Crippen LogP contribution is 2.68. The van der Waals surface area contributed by atoms with Crippen LogP contribution in [0.15, 0.2) is 0 Å². The van der Waals surface area contributed by atoms with Crippen molar-refractivity contribution in [3.8, 4) is 0 Å². The van der Waals surface area contributed by atoms with Crippen molar-refractivity contribution in [2.75, 3.05) is 6.54 Å². The molecule has 18 heavy (non-hydrogen) atoms. The zero-order valence-corrected chi connectivity index (χ0v) is 13.1. The lowest BCUT2D eigenvalue weighted by Crippen LogP contribution is -2.40. The summed E-state index contributed by atoms with van der Waals surface area (Å²) in [6, 6.07) is 0.0407.